The van der Waals surface area contributed by atoms with E-state index in [4.69, 9.17) is 4.42 Å². The minimum atomic E-state index is 0.445. The monoisotopic (exact) mass is 252 g/mol. The number of carbonyl (C=O) groups is 1. The van der Waals surface area contributed by atoms with E-state index in [9.17, 15) is 4.79 Å². The summed E-state index contributed by atoms with van der Waals surface area (Å²) in [5.41, 5.74) is 1.75. The quantitative estimate of drug-likeness (QED) is 0.766. The third-order valence-electron chi connectivity index (χ3n) is 2.24. The van der Waals surface area contributed by atoms with E-state index in [2.05, 4.69) is 15.9 Å². The predicted molar refractivity (Wildman–Crippen MR) is 58.7 cm³/mol. The van der Waals surface area contributed by atoms with Crippen molar-refractivity contribution in [3.63, 3.8) is 0 Å². The third-order valence-corrected chi connectivity index (χ3v) is 2.74. The number of rotatable bonds is 2. The molecule has 2 nitrogen and oxygen atoms in total. The molecule has 3 heteroatoms. The first-order valence-electron chi connectivity index (χ1n) is 4.42. The van der Waals surface area contributed by atoms with Gasteiger partial charge in [-0.1, -0.05) is 22.9 Å². The summed E-state index contributed by atoms with van der Waals surface area (Å²) in [5.74, 6) is 0.445. The fourth-order valence-electron chi connectivity index (χ4n) is 1.60. The molecule has 0 aliphatic rings. The van der Waals surface area contributed by atoms with Gasteiger partial charge in [0, 0.05) is 15.4 Å². The van der Waals surface area contributed by atoms with E-state index in [0.717, 1.165) is 33.7 Å². The maximum absolute atomic E-state index is 10.7. The van der Waals surface area contributed by atoms with Gasteiger partial charge >= 0.3 is 0 Å². The molecule has 0 saturated carbocycles. The van der Waals surface area contributed by atoms with E-state index in [1.807, 2.05) is 25.1 Å². The molecule has 2 aromatic rings. The summed E-state index contributed by atoms with van der Waals surface area (Å²) in [6, 6.07) is 5.75. The smallest absolute Gasteiger partial charge is 0.185 e. The van der Waals surface area contributed by atoms with Gasteiger partial charge in [0.05, 0.1) is 0 Å². The molecule has 0 unspecified atom stereocenters. The first-order valence-corrected chi connectivity index (χ1v) is 5.21. The molecule has 1 heterocycles. The van der Waals surface area contributed by atoms with Gasteiger partial charge in [-0.2, -0.15) is 0 Å². The second-order valence-electron chi connectivity index (χ2n) is 3.06. The molecule has 0 aliphatic carbocycles. The number of aldehydes is 1. The first-order chi connectivity index (χ1) is 6.76. The Morgan fingerprint density at radius 3 is 2.93 bits per heavy atom. The molecule has 0 atom stereocenters. The fraction of sp³-hybridized carbons (Fsp3) is 0.182. The largest absolute Gasteiger partial charge is 0.453 e. The van der Waals surface area contributed by atoms with Crippen molar-refractivity contribution in [1.82, 2.24) is 0 Å². The maximum Gasteiger partial charge on any atom is 0.185 e. The van der Waals surface area contributed by atoms with Crippen molar-refractivity contribution in [1.29, 1.82) is 0 Å². The molecule has 0 amide bonds. The van der Waals surface area contributed by atoms with Crippen LogP contribution in [0.3, 0.4) is 0 Å². The van der Waals surface area contributed by atoms with Crippen LogP contribution in [0.25, 0.3) is 11.0 Å². The highest BCUT2D eigenvalue weighted by molar-refractivity contribution is 9.10. The van der Waals surface area contributed by atoms with Crippen molar-refractivity contribution < 1.29 is 9.21 Å². The average molecular weight is 253 g/mol. The molecular weight excluding hydrogens is 244 g/mol. The van der Waals surface area contributed by atoms with Crippen molar-refractivity contribution >= 4 is 33.2 Å². The van der Waals surface area contributed by atoms with Gasteiger partial charge in [0.1, 0.15) is 5.58 Å². The summed E-state index contributed by atoms with van der Waals surface area (Å²) in [4.78, 5) is 10.7. The van der Waals surface area contributed by atoms with Crippen LogP contribution in [0.2, 0.25) is 0 Å². The van der Waals surface area contributed by atoms with Crippen molar-refractivity contribution in [2.24, 2.45) is 0 Å². The van der Waals surface area contributed by atoms with Crippen molar-refractivity contribution in [3.8, 4) is 0 Å². The summed E-state index contributed by atoms with van der Waals surface area (Å²) in [6.45, 7) is 2.01. The Kier molecular flexibility index (Phi) is 2.42. The Bertz CT molecular complexity index is 485. The molecular formula is C11H9BrO2. The lowest BCUT2D eigenvalue weighted by Gasteiger charge is -1.93. The van der Waals surface area contributed by atoms with E-state index in [1.165, 1.54) is 0 Å². The molecule has 1 aromatic heterocycles. The Morgan fingerprint density at radius 1 is 1.50 bits per heavy atom. The summed E-state index contributed by atoms with van der Waals surface area (Å²) in [6.07, 6.45) is 1.57. The standard InChI is InChI=1S/C11H9BrO2/c1-2-8-9-5-7(12)3-4-10(9)14-11(8)6-13/h3-6H,2H2,1H3. The Hall–Kier alpha value is -1.09. The highest BCUT2D eigenvalue weighted by Gasteiger charge is 2.11. The number of fused-ring (bicyclic) bond motifs is 1. The van der Waals surface area contributed by atoms with Crippen molar-refractivity contribution in [3.05, 3.63) is 34.0 Å². The van der Waals surface area contributed by atoms with Gasteiger partial charge in [0.2, 0.25) is 0 Å². The zero-order chi connectivity index (χ0) is 10.1. The van der Waals surface area contributed by atoms with Crippen LogP contribution in [0.15, 0.2) is 27.1 Å². The van der Waals surface area contributed by atoms with Crippen LogP contribution in [0, 0.1) is 0 Å². The second kappa shape index (κ2) is 3.58. The molecule has 0 saturated heterocycles. The SMILES string of the molecule is CCc1c(C=O)oc2ccc(Br)cc12. The number of carbonyl (C=O) groups excluding carboxylic acids is 1. The van der Waals surface area contributed by atoms with Crippen LogP contribution in [0.4, 0.5) is 0 Å². The highest BCUT2D eigenvalue weighted by Crippen LogP contribution is 2.28. The van der Waals surface area contributed by atoms with Crippen molar-refractivity contribution in [2.45, 2.75) is 13.3 Å². The van der Waals surface area contributed by atoms with E-state index in [-0.39, 0.29) is 0 Å². The van der Waals surface area contributed by atoms with Gasteiger partial charge < -0.3 is 4.42 Å². The molecule has 0 fully saturated rings. The lowest BCUT2D eigenvalue weighted by atomic mass is 10.1. The van der Waals surface area contributed by atoms with Crippen LogP contribution in [-0.2, 0) is 6.42 Å². The van der Waals surface area contributed by atoms with Crippen LogP contribution in [0.5, 0.6) is 0 Å². The lowest BCUT2D eigenvalue weighted by molar-refractivity contribution is 0.110. The van der Waals surface area contributed by atoms with Crippen LogP contribution >= 0.6 is 15.9 Å². The third kappa shape index (κ3) is 1.38. The lowest BCUT2D eigenvalue weighted by Crippen LogP contribution is -1.83. The minimum Gasteiger partial charge on any atom is -0.453 e. The molecule has 0 bridgehead atoms. The summed E-state index contributed by atoms with van der Waals surface area (Å²) < 4.78 is 6.40. The average Bonchev–Trinajstić information content (AvgIpc) is 2.54. The molecule has 1 aromatic carbocycles. The van der Waals surface area contributed by atoms with Gasteiger partial charge in [-0.25, -0.2) is 0 Å². The minimum absolute atomic E-state index is 0.445. The topological polar surface area (TPSA) is 30.2 Å². The highest BCUT2D eigenvalue weighted by atomic mass is 79.9. The van der Waals surface area contributed by atoms with Crippen molar-refractivity contribution in [2.75, 3.05) is 0 Å². The number of benzene rings is 1. The van der Waals surface area contributed by atoms with Gasteiger partial charge in [0.25, 0.3) is 0 Å². The first kappa shape index (κ1) is 9.46. The molecule has 2 rings (SSSR count). The summed E-state index contributed by atoms with van der Waals surface area (Å²) in [7, 11) is 0. The molecule has 0 spiro atoms. The zero-order valence-electron chi connectivity index (χ0n) is 7.71. The molecule has 0 radical (unpaired) electrons. The fourth-order valence-corrected chi connectivity index (χ4v) is 1.96. The molecule has 14 heavy (non-hydrogen) atoms. The Labute approximate surface area is 90.0 Å². The number of furan rings is 1. The summed E-state index contributed by atoms with van der Waals surface area (Å²) in [5, 5.41) is 1.02. The summed E-state index contributed by atoms with van der Waals surface area (Å²) >= 11 is 3.40. The molecule has 0 N–H and O–H groups in total. The van der Waals surface area contributed by atoms with Gasteiger partial charge in [-0.05, 0) is 24.6 Å². The predicted octanol–water partition coefficient (Wildman–Crippen LogP) is 3.57. The van der Waals surface area contributed by atoms with Gasteiger partial charge in [0.15, 0.2) is 12.0 Å². The van der Waals surface area contributed by atoms with Crippen LogP contribution in [0.1, 0.15) is 23.0 Å². The zero-order valence-corrected chi connectivity index (χ0v) is 9.30. The van der Waals surface area contributed by atoms with Gasteiger partial charge in [-0.15, -0.1) is 0 Å². The van der Waals surface area contributed by atoms with Gasteiger partial charge in [-0.3, -0.25) is 4.79 Å². The Morgan fingerprint density at radius 2 is 2.29 bits per heavy atom. The molecule has 72 valence electrons. The number of hydrogen-bond acceptors (Lipinski definition) is 2. The maximum atomic E-state index is 10.7. The number of hydrogen-bond donors (Lipinski definition) is 0. The van der Waals surface area contributed by atoms with E-state index in [1.54, 1.807) is 0 Å². The number of aryl methyl sites for hydroxylation is 1. The molecule has 0 aliphatic heterocycles. The van der Waals surface area contributed by atoms with E-state index in [0.29, 0.717) is 5.76 Å². The number of halogens is 1. The van der Waals surface area contributed by atoms with Crippen LogP contribution in [-0.4, -0.2) is 6.29 Å². The van der Waals surface area contributed by atoms with E-state index < -0.39 is 0 Å². The van der Waals surface area contributed by atoms with E-state index >= 15 is 0 Å². The Balaban J connectivity index is 2.81. The van der Waals surface area contributed by atoms with Crippen LogP contribution < -0.4 is 0 Å². The normalized spacial score (nSPS) is 10.7. The second-order valence-corrected chi connectivity index (χ2v) is 3.97.